The second-order valence-electron chi connectivity index (χ2n) is 6.56. The first-order valence-corrected chi connectivity index (χ1v) is 9.15. The van der Waals surface area contributed by atoms with Gasteiger partial charge >= 0.3 is 12.1 Å². The minimum Gasteiger partial charge on any atom is -0.496 e. The second kappa shape index (κ2) is 9.34. The lowest BCUT2D eigenvalue weighted by Gasteiger charge is -2.21. The molecule has 31 heavy (non-hydrogen) atoms. The molecule has 1 aromatic heterocycles. The van der Waals surface area contributed by atoms with E-state index in [0.29, 0.717) is 11.3 Å². The molecule has 1 heterocycles. The molecule has 0 radical (unpaired) electrons. The van der Waals surface area contributed by atoms with Crippen molar-refractivity contribution in [3.8, 4) is 29.5 Å². The van der Waals surface area contributed by atoms with Crippen LogP contribution < -0.4 is 4.74 Å². The summed E-state index contributed by atoms with van der Waals surface area (Å²) >= 11 is 0. The molecule has 9 heteroatoms. The van der Waals surface area contributed by atoms with Gasteiger partial charge in [0.05, 0.1) is 20.1 Å². The van der Waals surface area contributed by atoms with Crippen molar-refractivity contribution in [2.75, 3.05) is 13.7 Å². The van der Waals surface area contributed by atoms with Crippen LogP contribution in [0.15, 0.2) is 53.1 Å². The fourth-order valence-corrected chi connectivity index (χ4v) is 2.90. The third-order valence-corrected chi connectivity index (χ3v) is 4.42. The first-order chi connectivity index (χ1) is 14.8. The number of alkyl halides is 3. The maximum atomic E-state index is 12.8. The Morgan fingerprint density at radius 3 is 2.52 bits per heavy atom. The second-order valence-corrected chi connectivity index (χ2v) is 6.56. The van der Waals surface area contributed by atoms with Gasteiger partial charge in [0, 0.05) is 17.7 Å². The average Bonchev–Trinajstić information content (AvgIpc) is 3.25. The van der Waals surface area contributed by atoms with E-state index in [1.54, 1.807) is 36.4 Å². The first kappa shape index (κ1) is 21.9. The molecule has 0 bridgehead atoms. The van der Waals surface area contributed by atoms with E-state index in [2.05, 4.69) is 20.6 Å². The van der Waals surface area contributed by atoms with Crippen molar-refractivity contribution in [2.24, 2.45) is 0 Å². The number of benzene rings is 2. The first-order valence-electron chi connectivity index (χ1n) is 9.15. The highest BCUT2D eigenvalue weighted by atomic mass is 19.4. The van der Waals surface area contributed by atoms with E-state index >= 15 is 0 Å². The predicted octanol–water partition coefficient (Wildman–Crippen LogP) is 3.97. The van der Waals surface area contributed by atoms with E-state index in [-0.39, 0.29) is 31.2 Å². The quantitative estimate of drug-likeness (QED) is 0.532. The van der Waals surface area contributed by atoms with Crippen molar-refractivity contribution in [3.63, 3.8) is 0 Å². The van der Waals surface area contributed by atoms with E-state index in [0.717, 1.165) is 11.1 Å². The van der Waals surface area contributed by atoms with Crippen LogP contribution in [0.1, 0.15) is 17.0 Å². The van der Waals surface area contributed by atoms with Crippen LogP contribution in [-0.2, 0) is 23.9 Å². The number of ether oxygens (including phenoxy) is 1. The Labute approximate surface area is 176 Å². The van der Waals surface area contributed by atoms with Gasteiger partial charge in [0.25, 0.3) is 0 Å². The predicted molar refractivity (Wildman–Crippen MR) is 106 cm³/mol. The molecule has 6 nitrogen and oxygen atoms in total. The summed E-state index contributed by atoms with van der Waals surface area (Å²) in [6, 6.07) is 13.6. The normalized spacial score (nSPS) is 11.1. The zero-order valence-corrected chi connectivity index (χ0v) is 16.5. The molecule has 0 aliphatic rings. The molecule has 0 atom stereocenters. The SMILES string of the molecule is C#CCN(Cc1ccc(-c2noc(C(F)(F)F)n2)cc1)C(=O)Cc1ccccc1OC. The van der Waals surface area contributed by atoms with Crippen LogP contribution in [0.25, 0.3) is 11.4 Å². The zero-order chi connectivity index (χ0) is 22.4. The Balaban J connectivity index is 1.72. The van der Waals surface area contributed by atoms with Crippen molar-refractivity contribution >= 4 is 5.91 Å². The summed E-state index contributed by atoms with van der Waals surface area (Å²) in [7, 11) is 1.53. The number of halogens is 3. The molecule has 0 saturated carbocycles. The topological polar surface area (TPSA) is 68.5 Å². The molecule has 0 saturated heterocycles. The maximum absolute atomic E-state index is 12.8. The van der Waals surface area contributed by atoms with Gasteiger partial charge in [0.2, 0.25) is 11.7 Å². The molecule has 1 amide bonds. The summed E-state index contributed by atoms with van der Waals surface area (Å²) in [5.41, 5.74) is 1.84. The van der Waals surface area contributed by atoms with Gasteiger partial charge in [0.15, 0.2) is 0 Å². The van der Waals surface area contributed by atoms with Crippen molar-refractivity contribution in [1.82, 2.24) is 15.0 Å². The largest absolute Gasteiger partial charge is 0.496 e. The summed E-state index contributed by atoms with van der Waals surface area (Å²) in [6.45, 7) is 0.341. The van der Waals surface area contributed by atoms with Crippen LogP contribution in [-0.4, -0.2) is 34.6 Å². The van der Waals surface area contributed by atoms with Crippen molar-refractivity contribution < 1.29 is 27.2 Å². The molecule has 0 unspecified atom stereocenters. The number of rotatable bonds is 7. The molecule has 0 aliphatic carbocycles. The standard InChI is InChI=1S/C22H18F3N3O3/c1-3-12-28(19(29)13-17-6-4-5-7-18(17)30-2)14-15-8-10-16(11-9-15)20-26-21(31-27-20)22(23,24)25/h1,4-11H,12-14H2,2H3. The number of hydrogen-bond acceptors (Lipinski definition) is 5. The molecular weight excluding hydrogens is 411 g/mol. The zero-order valence-electron chi connectivity index (χ0n) is 16.5. The molecule has 3 rings (SSSR count). The van der Waals surface area contributed by atoms with Crippen LogP contribution in [0.3, 0.4) is 0 Å². The number of amides is 1. The molecular formula is C22H18F3N3O3. The smallest absolute Gasteiger partial charge is 0.471 e. The Morgan fingerprint density at radius 2 is 1.90 bits per heavy atom. The third-order valence-electron chi connectivity index (χ3n) is 4.42. The number of nitrogens with zero attached hydrogens (tertiary/aromatic N) is 3. The average molecular weight is 429 g/mol. The summed E-state index contributed by atoms with van der Waals surface area (Å²) in [4.78, 5) is 17.7. The van der Waals surface area contributed by atoms with Crippen LogP contribution in [0, 0.1) is 12.3 Å². The number of para-hydroxylation sites is 1. The summed E-state index contributed by atoms with van der Waals surface area (Å²) < 4.78 is 47.4. The van der Waals surface area contributed by atoms with Gasteiger partial charge in [0.1, 0.15) is 5.75 Å². The van der Waals surface area contributed by atoms with Crippen molar-refractivity contribution in [1.29, 1.82) is 0 Å². The molecule has 0 spiro atoms. The van der Waals surface area contributed by atoms with Crippen molar-refractivity contribution in [3.05, 3.63) is 65.5 Å². The molecule has 0 aliphatic heterocycles. The number of carbonyl (C=O) groups excluding carboxylic acids is 1. The minimum atomic E-state index is -4.71. The lowest BCUT2D eigenvalue weighted by atomic mass is 10.1. The van der Waals surface area contributed by atoms with E-state index in [1.807, 2.05) is 12.1 Å². The number of methoxy groups -OCH3 is 1. The Bertz CT molecular complexity index is 1090. The van der Waals surface area contributed by atoms with Gasteiger partial charge in [-0.05, 0) is 11.6 Å². The lowest BCUT2D eigenvalue weighted by molar-refractivity contribution is -0.159. The monoisotopic (exact) mass is 429 g/mol. The third kappa shape index (κ3) is 5.42. The van der Waals surface area contributed by atoms with Crippen LogP contribution >= 0.6 is 0 Å². The summed E-state index contributed by atoms with van der Waals surface area (Å²) in [5.74, 6) is 1.32. The van der Waals surface area contributed by atoms with Gasteiger partial charge in [-0.2, -0.15) is 18.2 Å². The summed E-state index contributed by atoms with van der Waals surface area (Å²) in [5, 5.41) is 3.36. The van der Waals surface area contributed by atoms with Gasteiger partial charge in [-0.15, -0.1) is 6.42 Å². The van der Waals surface area contributed by atoms with Crippen LogP contribution in [0.4, 0.5) is 13.2 Å². The molecule has 0 fully saturated rings. The number of terminal acetylenes is 1. The van der Waals surface area contributed by atoms with E-state index < -0.39 is 12.1 Å². The summed E-state index contributed by atoms with van der Waals surface area (Å²) in [6.07, 6.45) is 0.833. The van der Waals surface area contributed by atoms with Gasteiger partial charge in [-0.1, -0.05) is 53.5 Å². The highest BCUT2D eigenvalue weighted by molar-refractivity contribution is 5.79. The number of hydrogen-bond donors (Lipinski definition) is 0. The number of carbonyl (C=O) groups is 1. The minimum absolute atomic E-state index is 0.107. The van der Waals surface area contributed by atoms with Gasteiger partial charge in [-0.3, -0.25) is 4.79 Å². The molecule has 2 aromatic carbocycles. The highest BCUT2D eigenvalue weighted by Crippen LogP contribution is 2.29. The molecule has 160 valence electrons. The lowest BCUT2D eigenvalue weighted by Crippen LogP contribution is -2.32. The maximum Gasteiger partial charge on any atom is 0.471 e. The van der Waals surface area contributed by atoms with Crippen molar-refractivity contribution in [2.45, 2.75) is 19.1 Å². The van der Waals surface area contributed by atoms with E-state index in [1.165, 1.54) is 12.0 Å². The van der Waals surface area contributed by atoms with Crippen LogP contribution in [0.5, 0.6) is 5.75 Å². The van der Waals surface area contributed by atoms with Crippen LogP contribution in [0.2, 0.25) is 0 Å². The molecule has 3 aromatic rings. The number of aromatic nitrogens is 2. The van der Waals surface area contributed by atoms with Gasteiger partial charge < -0.3 is 14.2 Å². The molecule has 0 N–H and O–H groups in total. The Kier molecular flexibility index (Phi) is 6.60. The van der Waals surface area contributed by atoms with E-state index in [4.69, 9.17) is 11.2 Å². The fourth-order valence-electron chi connectivity index (χ4n) is 2.90. The Morgan fingerprint density at radius 1 is 1.19 bits per heavy atom. The fraction of sp³-hybridized carbons (Fsp3) is 0.227. The van der Waals surface area contributed by atoms with E-state index in [9.17, 15) is 18.0 Å². The highest BCUT2D eigenvalue weighted by Gasteiger charge is 2.38. The Hall–Kier alpha value is -3.80. The van der Waals surface area contributed by atoms with Gasteiger partial charge in [-0.25, -0.2) is 0 Å².